The van der Waals surface area contributed by atoms with Gasteiger partial charge in [0.2, 0.25) is 0 Å². The van der Waals surface area contributed by atoms with Gasteiger partial charge in [0.1, 0.15) is 0 Å². The molecule has 76 heavy (non-hydrogen) atoms. The number of aromatic nitrogens is 1. The SMILES string of the molecule is CCCCCc1ccc(Nc2cc3sc4cc5c(cc4c3cc2-c2cc(-c3ccc4c(c3)-c3ccccc3C4(C)C)c3c4cc6ccccc6cc4n4c3c2[B]c2cc(C(C)(C)C)ccc2-4)C(C)(C)CCC5(C)C)cc1. The van der Waals surface area contributed by atoms with E-state index in [9.17, 15) is 0 Å². The van der Waals surface area contributed by atoms with Gasteiger partial charge in [-0.05, 0) is 186 Å². The Morgan fingerprint density at radius 1 is 0.579 bits per heavy atom. The van der Waals surface area contributed by atoms with Crippen molar-refractivity contribution in [3.63, 3.8) is 0 Å². The summed E-state index contributed by atoms with van der Waals surface area (Å²) in [4.78, 5) is 0. The van der Waals surface area contributed by atoms with Crippen LogP contribution in [0.25, 0.3) is 91.8 Å². The molecule has 3 aliphatic rings. The number of nitrogens with one attached hydrogen (secondary N) is 1. The molecule has 2 aromatic heterocycles. The van der Waals surface area contributed by atoms with E-state index in [0.29, 0.717) is 0 Å². The van der Waals surface area contributed by atoms with Crippen molar-refractivity contribution in [2.24, 2.45) is 0 Å². The van der Waals surface area contributed by atoms with Gasteiger partial charge in [-0.3, -0.25) is 0 Å². The van der Waals surface area contributed by atoms with Gasteiger partial charge in [-0.25, -0.2) is 0 Å². The predicted octanol–water partition coefficient (Wildman–Crippen LogP) is 19.0. The highest BCUT2D eigenvalue weighted by Gasteiger charge is 2.39. The zero-order chi connectivity index (χ0) is 52.2. The maximum Gasteiger partial charge on any atom is 0.197 e. The molecule has 0 spiro atoms. The summed E-state index contributed by atoms with van der Waals surface area (Å²) in [7, 11) is 2.54. The molecular weight excluding hydrogens is 936 g/mol. The van der Waals surface area contributed by atoms with Crippen LogP contribution in [0, 0.1) is 0 Å². The summed E-state index contributed by atoms with van der Waals surface area (Å²) in [5.74, 6) is 0. The normalized spacial score (nSPS) is 15.8. The molecule has 1 radical (unpaired) electrons. The quantitative estimate of drug-likeness (QED) is 0.119. The molecule has 0 saturated heterocycles. The second kappa shape index (κ2) is 16.8. The number of unbranched alkanes of at least 4 members (excludes halogenated alkanes) is 2. The lowest BCUT2D eigenvalue weighted by atomic mass is 9.58. The smallest absolute Gasteiger partial charge is 0.197 e. The zero-order valence-corrected chi connectivity index (χ0v) is 46.9. The van der Waals surface area contributed by atoms with E-state index in [1.165, 1.54) is 168 Å². The molecule has 11 aromatic rings. The van der Waals surface area contributed by atoms with Crippen molar-refractivity contribution in [2.75, 3.05) is 5.32 Å². The number of anilines is 2. The summed E-state index contributed by atoms with van der Waals surface area (Å²) in [6.07, 6.45) is 7.21. The van der Waals surface area contributed by atoms with Gasteiger partial charge in [-0.2, -0.15) is 0 Å². The molecule has 3 heterocycles. The number of thiophene rings is 1. The highest BCUT2D eigenvalue weighted by Crippen LogP contribution is 2.53. The van der Waals surface area contributed by atoms with E-state index in [4.69, 9.17) is 0 Å². The molecule has 0 saturated carbocycles. The fourth-order valence-corrected chi connectivity index (χ4v) is 15.0. The second-order valence-electron chi connectivity index (χ2n) is 25.7. The number of benzene rings is 9. The number of aryl methyl sites for hydroxylation is 1. The Kier molecular flexibility index (Phi) is 10.5. The van der Waals surface area contributed by atoms with Crippen LogP contribution < -0.4 is 16.2 Å². The molecule has 2 nitrogen and oxygen atoms in total. The van der Waals surface area contributed by atoms with Gasteiger partial charge in [0.05, 0.1) is 5.52 Å². The topological polar surface area (TPSA) is 17.0 Å². The van der Waals surface area contributed by atoms with Crippen molar-refractivity contribution in [2.45, 2.75) is 129 Å². The van der Waals surface area contributed by atoms with Crippen LogP contribution in [-0.2, 0) is 28.1 Å². The zero-order valence-electron chi connectivity index (χ0n) is 46.1. The predicted molar refractivity (Wildman–Crippen MR) is 332 cm³/mol. The molecule has 1 aliphatic heterocycles. The molecule has 1 N–H and O–H groups in total. The van der Waals surface area contributed by atoms with Crippen LogP contribution in [0.1, 0.15) is 135 Å². The van der Waals surface area contributed by atoms with Crippen molar-refractivity contribution in [3.05, 3.63) is 185 Å². The van der Waals surface area contributed by atoms with E-state index in [0.717, 1.165) is 17.8 Å². The molecule has 4 heteroatoms. The van der Waals surface area contributed by atoms with Gasteiger partial charge in [0.25, 0.3) is 0 Å². The summed E-state index contributed by atoms with van der Waals surface area (Å²) in [6, 6.07) is 59.7. The van der Waals surface area contributed by atoms with Gasteiger partial charge in [-0.15, -0.1) is 11.3 Å². The fourth-order valence-electron chi connectivity index (χ4n) is 13.9. The minimum absolute atomic E-state index is 0.0164. The van der Waals surface area contributed by atoms with Crippen LogP contribution in [0.2, 0.25) is 0 Å². The van der Waals surface area contributed by atoms with Crippen LogP contribution >= 0.6 is 11.3 Å². The molecular formula is C72H68BN2S. The van der Waals surface area contributed by atoms with Crippen molar-refractivity contribution < 1.29 is 0 Å². The Balaban J connectivity index is 1.10. The number of rotatable bonds is 8. The third-order valence-corrected chi connectivity index (χ3v) is 19.6. The van der Waals surface area contributed by atoms with Crippen molar-refractivity contribution in [1.82, 2.24) is 4.57 Å². The van der Waals surface area contributed by atoms with Crippen LogP contribution in [0.4, 0.5) is 11.4 Å². The van der Waals surface area contributed by atoms with E-state index in [1.54, 1.807) is 0 Å². The maximum absolute atomic E-state index is 4.11. The molecule has 9 aromatic carbocycles. The molecule has 0 fully saturated rings. The Bertz CT molecular complexity index is 4240. The molecule has 14 rings (SSSR count). The van der Waals surface area contributed by atoms with Gasteiger partial charge in [0, 0.05) is 64.5 Å². The minimum Gasteiger partial charge on any atom is -0.355 e. The summed E-state index contributed by atoms with van der Waals surface area (Å²) < 4.78 is 5.32. The van der Waals surface area contributed by atoms with Crippen LogP contribution in [0.15, 0.2) is 152 Å². The number of fused-ring (bicyclic) bond motifs is 13. The summed E-state index contributed by atoms with van der Waals surface area (Å²) in [5.41, 5.74) is 24.8. The molecule has 375 valence electrons. The van der Waals surface area contributed by atoms with E-state index >= 15 is 0 Å². The maximum atomic E-state index is 4.11. The highest BCUT2D eigenvalue weighted by atomic mass is 32.1. The molecule has 0 bridgehead atoms. The second-order valence-corrected chi connectivity index (χ2v) is 26.8. The van der Waals surface area contributed by atoms with Crippen molar-refractivity contribution in [1.29, 1.82) is 0 Å². The first-order valence-electron chi connectivity index (χ1n) is 28.2. The fraction of sp³-hybridized carbons (Fsp3) is 0.278. The standard InChI is InChI=1S/C72H68BN2S/c1-11-12-13-18-42-23-27-47(28-24-42)74-61-41-65-52(53-39-58-59(40-64(53)76-65)71(7,8)32-31-70(58,5)6)38-51(61)54-37-49(45-25-29-57-50(34-45)48-21-16-17-22-56(48)72(57,9)10)66-55-33-43-19-14-15-20-44(43)35-63(55)75-62-30-26-46(69(2,3)4)36-60(62)73-67(54)68(66)75/h14-17,19-30,33-41,74H,11-13,18,31-32H2,1-10H3. The molecule has 0 unspecified atom stereocenters. The largest absolute Gasteiger partial charge is 0.355 e. The van der Waals surface area contributed by atoms with Crippen molar-refractivity contribution in [3.8, 4) is 39.1 Å². The van der Waals surface area contributed by atoms with E-state index in [1.807, 2.05) is 11.3 Å². The first-order valence-corrected chi connectivity index (χ1v) is 29.0. The third kappa shape index (κ3) is 7.26. The summed E-state index contributed by atoms with van der Waals surface area (Å²) in [6.45, 7) is 23.9. The average Bonchev–Trinajstić information content (AvgIpc) is 4.24. The lowest BCUT2D eigenvalue weighted by Gasteiger charge is -2.41. The summed E-state index contributed by atoms with van der Waals surface area (Å²) >= 11 is 1.96. The van der Waals surface area contributed by atoms with Crippen molar-refractivity contribution >= 4 is 93.7 Å². The first-order chi connectivity index (χ1) is 36.5. The van der Waals surface area contributed by atoms with Gasteiger partial charge >= 0.3 is 0 Å². The van der Waals surface area contributed by atoms with E-state index in [2.05, 4.69) is 238 Å². The van der Waals surface area contributed by atoms with Gasteiger partial charge in [0.15, 0.2) is 7.28 Å². The monoisotopic (exact) mass is 1000 g/mol. The van der Waals surface area contributed by atoms with E-state index < -0.39 is 0 Å². The Morgan fingerprint density at radius 2 is 1.28 bits per heavy atom. The average molecular weight is 1000 g/mol. The molecule has 0 amide bonds. The first kappa shape index (κ1) is 47.6. The Hall–Kier alpha value is -6.88. The molecule has 0 atom stereocenters. The molecule has 2 aliphatic carbocycles. The lowest BCUT2D eigenvalue weighted by Crippen LogP contribution is -2.38. The number of hydrogen-bond donors (Lipinski definition) is 1. The van der Waals surface area contributed by atoms with E-state index in [-0.39, 0.29) is 21.7 Å². The third-order valence-electron chi connectivity index (χ3n) is 18.4. The Labute approximate surface area is 454 Å². The van der Waals surface area contributed by atoms with Crippen LogP contribution in [-0.4, -0.2) is 11.8 Å². The van der Waals surface area contributed by atoms with Crippen LogP contribution in [0.3, 0.4) is 0 Å². The minimum atomic E-state index is -0.0909. The van der Waals surface area contributed by atoms with Crippen LogP contribution in [0.5, 0.6) is 0 Å². The number of nitrogens with zero attached hydrogens (tertiary/aromatic N) is 1. The Morgan fingerprint density at radius 3 is 2.04 bits per heavy atom. The highest BCUT2D eigenvalue weighted by molar-refractivity contribution is 7.25. The van der Waals surface area contributed by atoms with Gasteiger partial charge < -0.3 is 9.88 Å². The van der Waals surface area contributed by atoms with Gasteiger partial charge in [-0.1, -0.05) is 172 Å². The number of hydrogen-bond acceptors (Lipinski definition) is 2. The lowest BCUT2D eigenvalue weighted by molar-refractivity contribution is 0.332. The summed E-state index contributed by atoms with van der Waals surface area (Å²) in [5, 5.41) is 11.9.